The summed E-state index contributed by atoms with van der Waals surface area (Å²) in [5, 5.41) is 8.03. The number of rotatable bonds is 3. The molecule has 0 saturated carbocycles. The normalized spacial score (nSPS) is 21.3. The van der Waals surface area contributed by atoms with E-state index < -0.39 is 0 Å². The molecule has 0 N–H and O–H groups in total. The van der Waals surface area contributed by atoms with E-state index in [9.17, 15) is 0 Å². The summed E-state index contributed by atoms with van der Waals surface area (Å²) in [4.78, 5) is 2.40. The topological polar surface area (TPSA) is 60.6 Å². The van der Waals surface area contributed by atoms with Crippen LogP contribution in [-0.4, -0.2) is 34.9 Å². The van der Waals surface area contributed by atoms with Crippen LogP contribution in [0.25, 0.3) is 0 Å². The average Bonchev–Trinajstić information content (AvgIpc) is 3.10. The quantitative estimate of drug-likeness (QED) is 0.868. The van der Waals surface area contributed by atoms with E-state index in [-0.39, 0.29) is 0 Å². The number of aryl methyl sites for hydroxylation is 1. The third-order valence-electron chi connectivity index (χ3n) is 4.43. The first kappa shape index (κ1) is 14.5. The maximum absolute atomic E-state index is 5.82. The Morgan fingerprint density at radius 1 is 1.13 bits per heavy atom. The number of nitrogens with zero attached hydrogens (tertiary/aromatic N) is 3. The number of fused-ring (bicyclic) bond motifs is 1. The predicted molar refractivity (Wildman–Crippen MR) is 83.5 cm³/mol. The van der Waals surface area contributed by atoms with Crippen molar-refractivity contribution in [3.63, 3.8) is 0 Å². The van der Waals surface area contributed by atoms with Crippen molar-refractivity contribution in [2.24, 2.45) is 0 Å². The van der Waals surface area contributed by atoms with E-state index in [1.165, 1.54) is 12.0 Å². The van der Waals surface area contributed by atoms with Crippen molar-refractivity contribution < 1.29 is 13.9 Å². The minimum absolute atomic E-state index is 0.361. The van der Waals surface area contributed by atoms with Gasteiger partial charge in [-0.05, 0) is 37.1 Å². The fraction of sp³-hybridized carbons (Fsp3) is 0.529. The van der Waals surface area contributed by atoms with Gasteiger partial charge in [-0.3, -0.25) is 4.90 Å². The largest absolute Gasteiger partial charge is 0.490 e. The summed E-state index contributed by atoms with van der Waals surface area (Å²) >= 11 is 0. The van der Waals surface area contributed by atoms with E-state index in [4.69, 9.17) is 13.9 Å². The van der Waals surface area contributed by atoms with Gasteiger partial charge in [0.2, 0.25) is 11.8 Å². The molecule has 1 aromatic heterocycles. The van der Waals surface area contributed by atoms with Gasteiger partial charge in [0.15, 0.2) is 11.5 Å². The highest BCUT2D eigenvalue weighted by Gasteiger charge is 2.28. The first-order valence-electron chi connectivity index (χ1n) is 8.22. The lowest BCUT2D eigenvalue weighted by Gasteiger charge is -2.24. The SMILES string of the molecule is Cc1nnc(CN2CCCC2c2ccc3c(c2)OCCCO3)o1. The van der Waals surface area contributed by atoms with E-state index in [2.05, 4.69) is 27.2 Å². The third-order valence-corrected chi connectivity index (χ3v) is 4.43. The van der Waals surface area contributed by atoms with Crippen molar-refractivity contribution >= 4 is 0 Å². The molecule has 4 rings (SSSR count). The molecule has 0 spiro atoms. The molecule has 0 bridgehead atoms. The molecule has 6 nitrogen and oxygen atoms in total. The lowest BCUT2D eigenvalue weighted by molar-refractivity contribution is 0.221. The molecule has 23 heavy (non-hydrogen) atoms. The zero-order valence-electron chi connectivity index (χ0n) is 13.3. The highest BCUT2D eigenvalue weighted by Crippen LogP contribution is 2.38. The van der Waals surface area contributed by atoms with Gasteiger partial charge in [-0.2, -0.15) is 0 Å². The Balaban J connectivity index is 1.55. The van der Waals surface area contributed by atoms with Crippen molar-refractivity contribution in [1.29, 1.82) is 0 Å². The fourth-order valence-electron chi connectivity index (χ4n) is 3.36. The van der Waals surface area contributed by atoms with Gasteiger partial charge in [0, 0.05) is 19.4 Å². The molecule has 0 radical (unpaired) electrons. The number of likely N-dealkylation sites (tertiary alicyclic amines) is 1. The molecule has 122 valence electrons. The lowest BCUT2D eigenvalue weighted by Crippen LogP contribution is -2.23. The summed E-state index contributed by atoms with van der Waals surface area (Å²) in [6.45, 7) is 4.99. The first-order chi connectivity index (χ1) is 11.3. The zero-order chi connectivity index (χ0) is 15.6. The molecule has 2 aliphatic rings. The maximum atomic E-state index is 5.82. The van der Waals surface area contributed by atoms with Crippen molar-refractivity contribution in [2.75, 3.05) is 19.8 Å². The molecule has 1 fully saturated rings. The van der Waals surface area contributed by atoms with Crippen molar-refractivity contribution in [3.05, 3.63) is 35.5 Å². The number of aromatic nitrogens is 2. The standard InChI is InChI=1S/C17H21N3O3/c1-12-18-19-17(23-12)11-20-7-2-4-14(20)13-5-6-15-16(10-13)22-9-3-8-21-15/h5-6,10,14H,2-4,7-9,11H2,1H3. The Morgan fingerprint density at radius 3 is 2.83 bits per heavy atom. The highest BCUT2D eigenvalue weighted by atomic mass is 16.5. The Labute approximate surface area is 135 Å². The zero-order valence-corrected chi connectivity index (χ0v) is 13.3. The van der Waals surface area contributed by atoms with Gasteiger partial charge in [0.05, 0.1) is 19.8 Å². The molecule has 1 unspecified atom stereocenters. The van der Waals surface area contributed by atoms with E-state index in [0.29, 0.717) is 31.0 Å². The minimum atomic E-state index is 0.361. The van der Waals surface area contributed by atoms with Crippen LogP contribution in [0.3, 0.4) is 0 Å². The summed E-state index contributed by atoms with van der Waals surface area (Å²) in [5.41, 5.74) is 1.27. The van der Waals surface area contributed by atoms with E-state index in [1.54, 1.807) is 0 Å². The average molecular weight is 315 g/mol. The molecular formula is C17H21N3O3. The molecule has 0 aliphatic carbocycles. The summed E-state index contributed by atoms with van der Waals surface area (Å²) in [6.07, 6.45) is 3.23. The summed E-state index contributed by atoms with van der Waals surface area (Å²) in [7, 11) is 0. The van der Waals surface area contributed by atoms with E-state index in [0.717, 1.165) is 37.5 Å². The van der Waals surface area contributed by atoms with Crippen LogP contribution in [0.4, 0.5) is 0 Å². The van der Waals surface area contributed by atoms with Crippen LogP contribution in [0.2, 0.25) is 0 Å². The Kier molecular flexibility index (Phi) is 3.91. The summed E-state index contributed by atoms with van der Waals surface area (Å²) in [5.74, 6) is 3.01. The minimum Gasteiger partial charge on any atom is -0.490 e. The molecule has 1 aromatic carbocycles. The highest BCUT2D eigenvalue weighted by molar-refractivity contribution is 5.44. The fourth-order valence-corrected chi connectivity index (χ4v) is 3.36. The van der Waals surface area contributed by atoms with Crippen LogP contribution in [-0.2, 0) is 6.54 Å². The van der Waals surface area contributed by atoms with Crippen LogP contribution in [0.15, 0.2) is 22.6 Å². The van der Waals surface area contributed by atoms with Gasteiger partial charge in [-0.1, -0.05) is 6.07 Å². The van der Waals surface area contributed by atoms with Crippen LogP contribution in [0.5, 0.6) is 11.5 Å². The van der Waals surface area contributed by atoms with Crippen LogP contribution in [0, 0.1) is 6.92 Å². The maximum Gasteiger partial charge on any atom is 0.230 e. The van der Waals surface area contributed by atoms with Crippen molar-refractivity contribution in [3.8, 4) is 11.5 Å². The molecule has 6 heteroatoms. The Bertz CT molecular complexity index is 685. The van der Waals surface area contributed by atoms with Gasteiger partial charge in [0.1, 0.15) is 0 Å². The molecule has 3 heterocycles. The van der Waals surface area contributed by atoms with Gasteiger partial charge in [-0.25, -0.2) is 0 Å². The Morgan fingerprint density at radius 2 is 2.00 bits per heavy atom. The third kappa shape index (κ3) is 3.03. The second kappa shape index (κ2) is 6.20. The van der Waals surface area contributed by atoms with Crippen LogP contribution in [0.1, 0.15) is 42.6 Å². The van der Waals surface area contributed by atoms with Crippen LogP contribution < -0.4 is 9.47 Å². The van der Waals surface area contributed by atoms with Gasteiger partial charge >= 0.3 is 0 Å². The van der Waals surface area contributed by atoms with Gasteiger partial charge in [-0.15, -0.1) is 10.2 Å². The number of hydrogen-bond donors (Lipinski definition) is 0. The Hall–Kier alpha value is -2.08. The summed E-state index contributed by atoms with van der Waals surface area (Å²) < 4.78 is 17.1. The second-order valence-electron chi connectivity index (χ2n) is 6.10. The molecule has 1 saturated heterocycles. The smallest absolute Gasteiger partial charge is 0.230 e. The lowest BCUT2D eigenvalue weighted by atomic mass is 10.0. The molecule has 0 amide bonds. The molecule has 2 aromatic rings. The number of hydrogen-bond acceptors (Lipinski definition) is 6. The van der Waals surface area contributed by atoms with Crippen molar-refractivity contribution in [2.45, 2.75) is 38.8 Å². The molecule has 2 aliphatic heterocycles. The monoisotopic (exact) mass is 315 g/mol. The van der Waals surface area contributed by atoms with Gasteiger partial charge in [0.25, 0.3) is 0 Å². The number of ether oxygens (including phenoxy) is 2. The molecular weight excluding hydrogens is 294 g/mol. The van der Waals surface area contributed by atoms with Gasteiger partial charge < -0.3 is 13.9 Å². The van der Waals surface area contributed by atoms with E-state index >= 15 is 0 Å². The first-order valence-corrected chi connectivity index (χ1v) is 8.22. The van der Waals surface area contributed by atoms with Crippen LogP contribution >= 0.6 is 0 Å². The predicted octanol–water partition coefficient (Wildman–Crippen LogP) is 2.88. The number of benzene rings is 1. The van der Waals surface area contributed by atoms with Crippen molar-refractivity contribution in [1.82, 2.24) is 15.1 Å². The summed E-state index contributed by atoms with van der Waals surface area (Å²) in [6, 6.07) is 6.67. The molecule has 1 atom stereocenters. The second-order valence-corrected chi connectivity index (χ2v) is 6.10. The van der Waals surface area contributed by atoms with E-state index in [1.807, 2.05) is 13.0 Å².